The molecule has 0 spiro atoms. The van der Waals surface area contributed by atoms with Crippen molar-refractivity contribution in [1.29, 1.82) is 0 Å². The first kappa shape index (κ1) is 15.3. The normalized spacial score (nSPS) is 16.2. The maximum atomic E-state index is 3.50. The molecule has 0 saturated heterocycles. The van der Waals surface area contributed by atoms with Crippen LogP contribution < -0.4 is 5.32 Å². The van der Waals surface area contributed by atoms with Gasteiger partial charge in [0.1, 0.15) is 0 Å². The summed E-state index contributed by atoms with van der Waals surface area (Å²) in [6, 6.07) is 8.92. The summed E-state index contributed by atoms with van der Waals surface area (Å²) in [5.74, 6) is 0. The minimum atomic E-state index is 1.09. The van der Waals surface area contributed by atoms with Crippen molar-refractivity contribution < 1.29 is 0 Å². The van der Waals surface area contributed by atoms with Crippen LogP contribution in [0.5, 0.6) is 0 Å². The van der Waals surface area contributed by atoms with Gasteiger partial charge in [-0.3, -0.25) is 4.90 Å². The van der Waals surface area contributed by atoms with Crippen molar-refractivity contribution >= 4 is 0 Å². The Bertz CT molecular complexity index is 437. The average molecular weight is 272 g/mol. The van der Waals surface area contributed by atoms with Crippen molar-refractivity contribution in [3.05, 3.63) is 47.0 Å². The summed E-state index contributed by atoms with van der Waals surface area (Å²) in [6.07, 6.45) is 5.92. The molecule has 0 fully saturated rings. The summed E-state index contributed by atoms with van der Waals surface area (Å²) in [4.78, 5) is 2.56. The van der Waals surface area contributed by atoms with Crippen molar-refractivity contribution in [3.63, 3.8) is 0 Å². The zero-order valence-electron chi connectivity index (χ0n) is 13.0. The van der Waals surface area contributed by atoms with Gasteiger partial charge >= 0.3 is 0 Å². The van der Waals surface area contributed by atoms with Crippen molar-refractivity contribution in [3.8, 4) is 0 Å². The number of hydrogen-bond donors (Lipinski definition) is 1. The fourth-order valence-electron chi connectivity index (χ4n) is 2.85. The van der Waals surface area contributed by atoms with E-state index in [1.54, 1.807) is 0 Å². The largest absolute Gasteiger partial charge is 0.316 e. The van der Waals surface area contributed by atoms with Gasteiger partial charge in [-0.1, -0.05) is 42.8 Å². The van der Waals surface area contributed by atoms with Crippen LogP contribution in [0.15, 0.2) is 35.9 Å². The highest BCUT2D eigenvalue weighted by molar-refractivity contribution is 5.27. The van der Waals surface area contributed by atoms with E-state index >= 15 is 0 Å². The van der Waals surface area contributed by atoms with Gasteiger partial charge in [0.2, 0.25) is 0 Å². The zero-order valence-corrected chi connectivity index (χ0v) is 13.0. The molecule has 1 heterocycles. The predicted molar refractivity (Wildman–Crippen MR) is 87.0 cm³/mol. The van der Waals surface area contributed by atoms with Crippen LogP contribution >= 0.6 is 0 Å². The van der Waals surface area contributed by atoms with Gasteiger partial charge < -0.3 is 5.32 Å². The van der Waals surface area contributed by atoms with E-state index < -0.39 is 0 Å². The summed E-state index contributed by atoms with van der Waals surface area (Å²) < 4.78 is 0. The fraction of sp³-hybridized carbons (Fsp3) is 0.556. The molecule has 0 saturated carbocycles. The topological polar surface area (TPSA) is 15.3 Å². The molecule has 0 atom stereocenters. The lowest BCUT2D eigenvalue weighted by Crippen LogP contribution is -2.29. The Morgan fingerprint density at radius 2 is 1.95 bits per heavy atom. The molecule has 0 radical (unpaired) electrons. The number of benzene rings is 1. The Balaban J connectivity index is 1.91. The van der Waals surface area contributed by atoms with Crippen LogP contribution in [0.2, 0.25) is 0 Å². The Labute approximate surface area is 123 Å². The average Bonchev–Trinajstić information content (AvgIpc) is 2.45. The van der Waals surface area contributed by atoms with Crippen molar-refractivity contribution in [1.82, 2.24) is 10.2 Å². The first-order valence-corrected chi connectivity index (χ1v) is 7.95. The van der Waals surface area contributed by atoms with E-state index in [1.165, 1.54) is 36.1 Å². The summed E-state index contributed by atoms with van der Waals surface area (Å²) in [7, 11) is 0. The minimum Gasteiger partial charge on any atom is -0.316 e. The van der Waals surface area contributed by atoms with Gasteiger partial charge in [-0.25, -0.2) is 0 Å². The zero-order chi connectivity index (χ0) is 14.2. The van der Waals surface area contributed by atoms with Crippen LogP contribution in [0.3, 0.4) is 0 Å². The van der Waals surface area contributed by atoms with Crippen LogP contribution in [0.4, 0.5) is 0 Å². The molecule has 20 heavy (non-hydrogen) atoms. The van der Waals surface area contributed by atoms with E-state index in [2.05, 4.69) is 54.4 Å². The third-order valence-corrected chi connectivity index (χ3v) is 3.92. The second kappa shape index (κ2) is 8.23. The second-order valence-corrected chi connectivity index (χ2v) is 5.82. The summed E-state index contributed by atoms with van der Waals surface area (Å²) in [5.41, 5.74) is 4.52. The molecular formula is C18H28N2. The van der Waals surface area contributed by atoms with Crippen LogP contribution in [-0.2, 0) is 13.0 Å². The molecule has 1 N–H and O–H groups in total. The predicted octanol–water partition coefficient (Wildman–Crippen LogP) is 3.38. The molecule has 0 amide bonds. The minimum absolute atomic E-state index is 1.09. The number of nitrogens with one attached hydrogen (secondary N) is 1. The van der Waals surface area contributed by atoms with Gasteiger partial charge in [-0.15, -0.1) is 0 Å². The lowest BCUT2D eigenvalue weighted by atomic mass is 10.0. The highest BCUT2D eigenvalue weighted by atomic mass is 15.1. The van der Waals surface area contributed by atoms with Crippen molar-refractivity contribution in [2.75, 3.05) is 26.2 Å². The Morgan fingerprint density at radius 1 is 1.15 bits per heavy atom. The van der Waals surface area contributed by atoms with E-state index in [1.807, 2.05) is 0 Å². The Morgan fingerprint density at radius 3 is 2.70 bits per heavy atom. The Hall–Kier alpha value is -1.12. The maximum Gasteiger partial charge on any atom is 0.0240 e. The molecule has 110 valence electrons. The first-order valence-electron chi connectivity index (χ1n) is 7.95. The highest BCUT2D eigenvalue weighted by Crippen LogP contribution is 2.16. The molecule has 1 aromatic carbocycles. The molecule has 1 aliphatic heterocycles. The fourth-order valence-corrected chi connectivity index (χ4v) is 2.85. The van der Waals surface area contributed by atoms with Crippen molar-refractivity contribution in [2.24, 2.45) is 0 Å². The first-order chi connectivity index (χ1) is 9.79. The third kappa shape index (κ3) is 4.77. The summed E-state index contributed by atoms with van der Waals surface area (Å²) >= 11 is 0. The van der Waals surface area contributed by atoms with E-state index in [-0.39, 0.29) is 0 Å². The molecule has 0 unspecified atom stereocenters. The monoisotopic (exact) mass is 272 g/mol. The van der Waals surface area contributed by atoms with Crippen molar-refractivity contribution in [2.45, 2.75) is 39.7 Å². The van der Waals surface area contributed by atoms with Gasteiger partial charge in [0, 0.05) is 19.6 Å². The van der Waals surface area contributed by atoms with E-state index in [0.29, 0.717) is 0 Å². The second-order valence-electron chi connectivity index (χ2n) is 5.82. The molecule has 2 rings (SSSR count). The third-order valence-electron chi connectivity index (χ3n) is 3.92. The van der Waals surface area contributed by atoms with Gasteiger partial charge in [0.05, 0.1) is 0 Å². The van der Waals surface area contributed by atoms with Gasteiger partial charge in [0.15, 0.2) is 0 Å². The molecule has 2 heteroatoms. The van der Waals surface area contributed by atoms with Crippen LogP contribution in [0.1, 0.15) is 37.8 Å². The molecule has 0 aromatic heterocycles. The van der Waals surface area contributed by atoms with Crippen LogP contribution in [-0.4, -0.2) is 31.1 Å². The maximum absolute atomic E-state index is 3.50. The van der Waals surface area contributed by atoms with Gasteiger partial charge in [0.25, 0.3) is 0 Å². The Kier molecular flexibility index (Phi) is 6.28. The lowest BCUT2D eigenvalue weighted by molar-refractivity contribution is 0.281. The highest BCUT2D eigenvalue weighted by Gasteiger charge is 2.12. The van der Waals surface area contributed by atoms with Gasteiger partial charge in [-0.2, -0.15) is 0 Å². The molecule has 1 aromatic rings. The standard InChI is InChI=1S/C18H28N2/c1-3-11-19-12-10-17-8-4-5-9-18(17)15-20-13-6-7-16(2)14-20/h4-5,7-9,19H,3,6,10-15H2,1-2H3. The number of hydrogen-bond acceptors (Lipinski definition) is 2. The molecule has 0 bridgehead atoms. The van der Waals surface area contributed by atoms with Crippen LogP contribution in [0, 0.1) is 0 Å². The van der Waals surface area contributed by atoms with Crippen LogP contribution in [0.25, 0.3) is 0 Å². The van der Waals surface area contributed by atoms with Gasteiger partial charge in [-0.05, 0) is 50.4 Å². The lowest BCUT2D eigenvalue weighted by Gasteiger charge is -2.27. The number of nitrogens with zero attached hydrogens (tertiary/aromatic N) is 1. The van der Waals surface area contributed by atoms with E-state index in [4.69, 9.17) is 0 Å². The summed E-state index contributed by atoms with van der Waals surface area (Å²) in [6.45, 7) is 10.1. The van der Waals surface area contributed by atoms with E-state index in [0.717, 1.165) is 32.6 Å². The molecule has 0 aliphatic carbocycles. The van der Waals surface area contributed by atoms with E-state index in [9.17, 15) is 0 Å². The summed E-state index contributed by atoms with van der Waals surface area (Å²) in [5, 5.41) is 3.50. The SMILES string of the molecule is CCCNCCc1ccccc1CN1CCC=C(C)C1. The number of rotatable bonds is 7. The molecular weight excluding hydrogens is 244 g/mol. The quantitative estimate of drug-likeness (QED) is 0.604. The molecule has 2 nitrogen and oxygen atoms in total. The smallest absolute Gasteiger partial charge is 0.0240 e. The molecule has 1 aliphatic rings.